The van der Waals surface area contributed by atoms with Crippen molar-refractivity contribution in [2.24, 2.45) is 0 Å². The maximum absolute atomic E-state index is 12.3. The van der Waals surface area contributed by atoms with Crippen LogP contribution in [0.3, 0.4) is 0 Å². The molecule has 1 amide bonds. The lowest BCUT2D eigenvalue weighted by Gasteiger charge is -2.23. The molecule has 0 bridgehead atoms. The van der Waals surface area contributed by atoms with E-state index in [0.717, 1.165) is 29.6 Å². The van der Waals surface area contributed by atoms with Crippen LogP contribution in [0.4, 0.5) is 0 Å². The molecule has 0 saturated carbocycles. The molecule has 2 N–H and O–H groups in total. The quantitative estimate of drug-likeness (QED) is 0.897. The Balaban J connectivity index is 1.65. The molecule has 4 nitrogen and oxygen atoms in total. The SMILES string of the molecule is CC(CNC(=O)c1cccc2cc[nH]c12)N1CCCC1. The molecule has 2 aromatic rings. The predicted molar refractivity (Wildman–Crippen MR) is 80.9 cm³/mol. The number of hydrogen-bond donors (Lipinski definition) is 2. The van der Waals surface area contributed by atoms with Gasteiger partial charge in [0.25, 0.3) is 5.91 Å². The van der Waals surface area contributed by atoms with Gasteiger partial charge in [-0.1, -0.05) is 12.1 Å². The Morgan fingerprint density at radius 2 is 2.15 bits per heavy atom. The van der Waals surface area contributed by atoms with E-state index in [1.165, 1.54) is 12.8 Å². The number of aromatic nitrogens is 1. The molecule has 2 heterocycles. The highest BCUT2D eigenvalue weighted by Gasteiger charge is 2.19. The van der Waals surface area contributed by atoms with Crippen LogP contribution in [0.25, 0.3) is 10.9 Å². The summed E-state index contributed by atoms with van der Waals surface area (Å²) >= 11 is 0. The Kier molecular flexibility index (Phi) is 3.74. The number of H-pyrrole nitrogens is 1. The number of nitrogens with one attached hydrogen (secondary N) is 2. The summed E-state index contributed by atoms with van der Waals surface area (Å²) in [5.74, 6) is 0.00379. The number of rotatable bonds is 4. The highest BCUT2D eigenvalue weighted by Crippen LogP contribution is 2.17. The number of carbonyl (C=O) groups excluding carboxylic acids is 1. The van der Waals surface area contributed by atoms with E-state index in [9.17, 15) is 4.79 Å². The van der Waals surface area contributed by atoms with E-state index in [2.05, 4.69) is 22.1 Å². The van der Waals surface area contributed by atoms with Crippen molar-refractivity contribution in [2.45, 2.75) is 25.8 Å². The molecule has 1 unspecified atom stereocenters. The van der Waals surface area contributed by atoms with Gasteiger partial charge in [0.1, 0.15) is 0 Å². The van der Waals surface area contributed by atoms with Gasteiger partial charge in [-0.2, -0.15) is 0 Å². The monoisotopic (exact) mass is 271 g/mol. The minimum atomic E-state index is 0.00379. The van der Waals surface area contributed by atoms with E-state index < -0.39 is 0 Å². The minimum absolute atomic E-state index is 0.00379. The topological polar surface area (TPSA) is 48.1 Å². The van der Waals surface area contributed by atoms with E-state index in [1.807, 2.05) is 30.5 Å². The zero-order valence-electron chi connectivity index (χ0n) is 11.9. The van der Waals surface area contributed by atoms with Crippen LogP contribution in [0.1, 0.15) is 30.1 Å². The van der Waals surface area contributed by atoms with Crippen molar-refractivity contribution in [3.63, 3.8) is 0 Å². The second kappa shape index (κ2) is 5.67. The number of para-hydroxylation sites is 1. The Labute approximate surface area is 119 Å². The summed E-state index contributed by atoms with van der Waals surface area (Å²) in [6, 6.07) is 8.20. The van der Waals surface area contributed by atoms with Crippen LogP contribution in [-0.4, -0.2) is 41.5 Å². The van der Waals surface area contributed by atoms with E-state index in [4.69, 9.17) is 0 Å². The smallest absolute Gasteiger partial charge is 0.253 e. The molecule has 1 fully saturated rings. The number of benzene rings is 1. The molecule has 1 saturated heterocycles. The molecule has 1 aliphatic heterocycles. The maximum Gasteiger partial charge on any atom is 0.253 e. The molecule has 0 aliphatic carbocycles. The average Bonchev–Trinajstić information content (AvgIpc) is 3.13. The summed E-state index contributed by atoms with van der Waals surface area (Å²) < 4.78 is 0. The molecular weight excluding hydrogens is 250 g/mol. The fourth-order valence-corrected chi connectivity index (χ4v) is 2.92. The largest absolute Gasteiger partial charge is 0.361 e. The normalized spacial score (nSPS) is 17.4. The van der Waals surface area contributed by atoms with E-state index in [-0.39, 0.29) is 5.91 Å². The molecule has 1 atom stereocenters. The summed E-state index contributed by atoms with van der Waals surface area (Å²) in [6.45, 7) is 5.20. The summed E-state index contributed by atoms with van der Waals surface area (Å²) in [6.07, 6.45) is 4.43. The third-order valence-corrected chi connectivity index (χ3v) is 4.15. The summed E-state index contributed by atoms with van der Waals surface area (Å²) in [5, 5.41) is 4.13. The fourth-order valence-electron chi connectivity index (χ4n) is 2.92. The lowest BCUT2D eigenvalue weighted by atomic mass is 10.1. The molecule has 0 spiro atoms. The third-order valence-electron chi connectivity index (χ3n) is 4.15. The van der Waals surface area contributed by atoms with Gasteiger partial charge in [0, 0.05) is 24.2 Å². The second-order valence-corrected chi connectivity index (χ2v) is 5.55. The number of nitrogens with zero attached hydrogens (tertiary/aromatic N) is 1. The molecule has 4 heteroatoms. The van der Waals surface area contributed by atoms with Crippen LogP contribution >= 0.6 is 0 Å². The second-order valence-electron chi connectivity index (χ2n) is 5.55. The van der Waals surface area contributed by atoms with Crippen LogP contribution in [0, 0.1) is 0 Å². The molecule has 106 valence electrons. The highest BCUT2D eigenvalue weighted by atomic mass is 16.1. The summed E-state index contributed by atoms with van der Waals surface area (Å²) in [4.78, 5) is 17.9. The number of fused-ring (bicyclic) bond motifs is 1. The Morgan fingerprint density at radius 3 is 2.95 bits per heavy atom. The number of carbonyl (C=O) groups is 1. The first-order valence-corrected chi connectivity index (χ1v) is 7.34. The Bertz CT molecular complexity index is 599. The van der Waals surface area contributed by atoms with Gasteiger partial charge in [0.15, 0.2) is 0 Å². The van der Waals surface area contributed by atoms with Crippen LogP contribution in [0.5, 0.6) is 0 Å². The van der Waals surface area contributed by atoms with Gasteiger partial charge in [-0.15, -0.1) is 0 Å². The highest BCUT2D eigenvalue weighted by molar-refractivity contribution is 6.05. The van der Waals surface area contributed by atoms with E-state index >= 15 is 0 Å². The number of hydrogen-bond acceptors (Lipinski definition) is 2. The maximum atomic E-state index is 12.3. The summed E-state index contributed by atoms with van der Waals surface area (Å²) in [7, 11) is 0. The van der Waals surface area contributed by atoms with Crippen LogP contribution in [0.15, 0.2) is 30.5 Å². The number of aromatic amines is 1. The summed E-state index contributed by atoms with van der Waals surface area (Å²) in [5.41, 5.74) is 1.64. The third kappa shape index (κ3) is 2.56. The molecule has 0 radical (unpaired) electrons. The molecular formula is C16H21N3O. The number of likely N-dealkylation sites (tertiary alicyclic amines) is 1. The van der Waals surface area contributed by atoms with Gasteiger partial charge in [0.05, 0.1) is 11.1 Å². The first-order valence-electron chi connectivity index (χ1n) is 7.34. The van der Waals surface area contributed by atoms with Crippen molar-refractivity contribution in [3.05, 3.63) is 36.0 Å². The molecule has 1 aromatic carbocycles. The first kappa shape index (κ1) is 13.2. The minimum Gasteiger partial charge on any atom is -0.361 e. The van der Waals surface area contributed by atoms with Gasteiger partial charge in [-0.05, 0) is 45.0 Å². The lowest BCUT2D eigenvalue weighted by molar-refractivity contribution is 0.0942. The van der Waals surface area contributed by atoms with Gasteiger partial charge in [0.2, 0.25) is 0 Å². The van der Waals surface area contributed by atoms with Crippen molar-refractivity contribution >= 4 is 16.8 Å². The first-order chi connectivity index (χ1) is 9.75. The average molecular weight is 271 g/mol. The van der Waals surface area contributed by atoms with Crippen LogP contribution < -0.4 is 5.32 Å². The standard InChI is InChI=1S/C16H21N3O/c1-12(19-9-2-3-10-19)11-18-16(20)14-6-4-5-13-7-8-17-15(13)14/h4-8,12,17H,2-3,9-11H2,1H3,(H,18,20). The zero-order chi connectivity index (χ0) is 13.9. The van der Waals surface area contributed by atoms with Gasteiger partial charge in [-0.25, -0.2) is 0 Å². The predicted octanol–water partition coefficient (Wildman–Crippen LogP) is 2.38. The lowest BCUT2D eigenvalue weighted by Crippen LogP contribution is -2.40. The molecule has 20 heavy (non-hydrogen) atoms. The van der Waals surface area contributed by atoms with Crippen molar-refractivity contribution in [1.29, 1.82) is 0 Å². The number of amides is 1. The Hall–Kier alpha value is -1.81. The van der Waals surface area contributed by atoms with Crippen molar-refractivity contribution < 1.29 is 4.79 Å². The van der Waals surface area contributed by atoms with Crippen molar-refractivity contribution in [2.75, 3.05) is 19.6 Å². The van der Waals surface area contributed by atoms with Gasteiger partial charge >= 0.3 is 0 Å². The Morgan fingerprint density at radius 1 is 1.35 bits per heavy atom. The molecule has 1 aliphatic rings. The van der Waals surface area contributed by atoms with Crippen molar-refractivity contribution in [3.8, 4) is 0 Å². The van der Waals surface area contributed by atoms with Crippen LogP contribution in [0.2, 0.25) is 0 Å². The fraction of sp³-hybridized carbons (Fsp3) is 0.438. The van der Waals surface area contributed by atoms with Crippen molar-refractivity contribution in [1.82, 2.24) is 15.2 Å². The van der Waals surface area contributed by atoms with Gasteiger partial charge in [-0.3, -0.25) is 9.69 Å². The van der Waals surface area contributed by atoms with Crippen LogP contribution in [-0.2, 0) is 0 Å². The zero-order valence-corrected chi connectivity index (χ0v) is 11.9. The van der Waals surface area contributed by atoms with E-state index in [0.29, 0.717) is 12.6 Å². The van der Waals surface area contributed by atoms with Gasteiger partial charge < -0.3 is 10.3 Å². The van der Waals surface area contributed by atoms with E-state index in [1.54, 1.807) is 0 Å². The molecule has 1 aromatic heterocycles. The molecule has 3 rings (SSSR count).